The van der Waals surface area contributed by atoms with Crippen molar-refractivity contribution < 1.29 is 33.7 Å². The Morgan fingerprint density at radius 3 is 2.31 bits per heavy atom. The molecule has 0 saturated heterocycles. The van der Waals surface area contributed by atoms with Gasteiger partial charge in [-0.1, -0.05) is 29.8 Å². The van der Waals surface area contributed by atoms with E-state index in [-0.39, 0.29) is 0 Å². The van der Waals surface area contributed by atoms with Gasteiger partial charge in [0.05, 0.1) is 0 Å². The molecular weight excluding hydrogens is 364 g/mol. The fourth-order valence-corrected chi connectivity index (χ4v) is 2.28. The molecule has 0 aromatic heterocycles. The monoisotopic (exact) mass is 384 g/mol. The summed E-state index contributed by atoms with van der Waals surface area (Å²) in [6.07, 6.45) is -0.685. The van der Waals surface area contributed by atoms with Crippen LogP contribution in [-0.2, 0) is 28.6 Å². The molecule has 1 rings (SSSR count). The number of rotatable bonds is 8. The maximum atomic E-state index is 11.4. The molecule has 0 heterocycles. The SMILES string of the molecule is CC(=O)OC[C@@H](O)[C@@H](OC(C)=O)[C@@H](/C=C/c1cccc(Cl)c1)OC(C)=O. The Hall–Kier alpha value is -2.38. The van der Waals surface area contributed by atoms with Crippen molar-refractivity contribution in [3.63, 3.8) is 0 Å². The molecule has 0 amide bonds. The molecule has 0 aliphatic rings. The topological polar surface area (TPSA) is 99.1 Å². The van der Waals surface area contributed by atoms with Crippen LogP contribution in [0.2, 0.25) is 5.02 Å². The Bertz CT molecular complexity index is 671. The summed E-state index contributed by atoms with van der Waals surface area (Å²) in [5.41, 5.74) is 0.714. The van der Waals surface area contributed by atoms with Crippen LogP contribution in [0.3, 0.4) is 0 Å². The zero-order valence-electron chi connectivity index (χ0n) is 14.7. The third-order valence-electron chi connectivity index (χ3n) is 3.09. The standard InChI is InChI=1S/C18H21ClO7/c1-11(20)24-10-16(23)18(26-13(3)22)17(25-12(2)21)8-7-14-5-4-6-15(19)9-14/h4-9,16-18,23H,10H2,1-3H3/b8-7+/t16-,17-,18-/m1/s1. The summed E-state index contributed by atoms with van der Waals surface area (Å²) in [7, 11) is 0. The molecule has 26 heavy (non-hydrogen) atoms. The fraction of sp³-hybridized carbons (Fsp3) is 0.389. The number of aliphatic hydroxyl groups is 1. The van der Waals surface area contributed by atoms with Gasteiger partial charge < -0.3 is 19.3 Å². The molecule has 0 fully saturated rings. The second kappa shape index (κ2) is 10.6. The lowest BCUT2D eigenvalue weighted by molar-refractivity contribution is -0.175. The average molecular weight is 385 g/mol. The molecule has 1 N–H and O–H groups in total. The van der Waals surface area contributed by atoms with Crippen LogP contribution in [-0.4, -0.2) is 47.9 Å². The van der Waals surface area contributed by atoms with E-state index in [2.05, 4.69) is 0 Å². The highest BCUT2D eigenvalue weighted by Gasteiger charge is 2.33. The van der Waals surface area contributed by atoms with Gasteiger partial charge in [0.15, 0.2) is 12.2 Å². The predicted octanol–water partition coefficient (Wildman–Crippen LogP) is 2.14. The smallest absolute Gasteiger partial charge is 0.303 e. The molecule has 0 saturated carbocycles. The first-order chi connectivity index (χ1) is 12.2. The molecule has 0 aliphatic carbocycles. The Labute approximate surface area is 156 Å². The zero-order valence-corrected chi connectivity index (χ0v) is 15.4. The van der Waals surface area contributed by atoms with Crippen LogP contribution in [0.25, 0.3) is 6.08 Å². The van der Waals surface area contributed by atoms with E-state index in [1.807, 2.05) is 0 Å². The number of carbonyl (C=O) groups is 3. The summed E-state index contributed by atoms with van der Waals surface area (Å²) in [6, 6.07) is 6.89. The van der Waals surface area contributed by atoms with Crippen molar-refractivity contribution in [3.8, 4) is 0 Å². The van der Waals surface area contributed by atoms with E-state index >= 15 is 0 Å². The van der Waals surface area contributed by atoms with Crippen molar-refractivity contribution in [2.75, 3.05) is 6.61 Å². The molecular formula is C18H21ClO7. The molecule has 0 aliphatic heterocycles. The summed E-state index contributed by atoms with van der Waals surface area (Å²) >= 11 is 5.92. The lowest BCUT2D eigenvalue weighted by atomic mass is 10.1. The predicted molar refractivity (Wildman–Crippen MR) is 94.2 cm³/mol. The van der Waals surface area contributed by atoms with Crippen LogP contribution in [0.5, 0.6) is 0 Å². The van der Waals surface area contributed by atoms with Gasteiger partial charge in [-0.3, -0.25) is 14.4 Å². The van der Waals surface area contributed by atoms with E-state index in [0.717, 1.165) is 6.92 Å². The van der Waals surface area contributed by atoms with Gasteiger partial charge in [0.2, 0.25) is 0 Å². The molecule has 142 valence electrons. The second-order valence-corrected chi connectivity index (χ2v) is 5.87. The quantitative estimate of drug-likeness (QED) is 0.541. The largest absolute Gasteiger partial charge is 0.463 e. The fourth-order valence-electron chi connectivity index (χ4n) is 2.08. The van der Waals surface area contributed by atoms with Crippen molar-refractivity contribution in [2.24, 2.45) is 0 Å². The minimum absolute atomic E-state index is 0.421. The van der Waals surface area contributed by atoms with Gasteiger partial charge in [-0.25, -0.2) is 0 Å². The summed E-state index contributed by atoms with van der Waals surface area (Å²) in [6.45, 7) is 3.09. The van der Waals surface area contributed by atoms with Gasteiger partial charge in [0, 0.05) is 25.8 Å². The van der Waals surface area contributed by atoms with E-state index < -0.39 is 42.8 Å². The molecule has 0 unspecified atom stereocenters. The number of carbonyl (C=O) groups excluding carboxylic acids is 3. The molecule has 3 atom stereocenters. The van der Waals surface area contributed by atoms with Gasteiger partial charge in [-0.05, 0) is 23.8 Å². The third kappa shape index (κ3) is 8.13. The highest BCUT2D eigenvalue weighted by molar-refractivity contribution is 6.30. The Kier molecular flexibility index (Phi) is 8.81. The van der Waals surface area contributed by atoms with E-state index in [0.29, 0.717) is 10.6 Å². The van der Waals surface area contributed by atoms with Gasteiger partial charge in [0.25, 0.3) is 0 Å². The van der Waals surface area contributed by atoms with Crippen LogP contribution in [0.4, 0.5) is 0 Å². The minimum atomic E-state index is -1.39. The normalized spacial score (nSPS) is 14.3. The second-order valence-electron chi connectivity index (χ2n) is 5.43. The lowest BCUT2D eigenvalue weighted by Gasteiger charge is -2.27. The number of benzene rings is 1. The van der Waals surface area contributed by atoms with E-state index in [4.69, 9.17) is 25.8 Å². The molecule has 0 radical (unpaired) electrons. The maximum Gasteiger partial charge on any atom is 0.303 e. The van der Waals surface area contributed by atoms with Gasteiger partial charge in [0.1, 0.15) is 12.7 Å². The number of ether oxygens (including phenoxy) is 3. The van der Waals surface area contributed by atoms with Crippen molar-refractivity contribution in [1.82, 2.24) is 0 Å². The minimum Gasteiger partial charge on any atom is -0.463 e. The third-order valence-corrected chi connectivity index (χ3v) is 3.33. The molecule has 1 aromatic rings. The summed E-state index contributed by atoms with van der Waals surface area (Å²) in [4.78, 5) is 33.7. The number of aliphatic hydroxyl groups excluding tert-OH is 1. The Morgan fingerprint density at radius 2 is 1.77 bits per heavy atom. The molecule has 8 heteroatoms. The molecule has 0 bridgehead atoms. The van der Waals surface area contributed by atoms with Crippen molar-refractivity contribution >= 4 is 35.6 Å². The first-order valence-electron chi connectivity index (χ1n) is 7.78. The summed E-state index contributed by atoms with van der Waals surface area (Å²) < 4.78 is 15.0. The van der Waals surface area contributed by atoms with Crippen LogP contribution in [0.1, 0.15) is 26.3 Å². The first kappa shape index (κ1) is 21.7. The Balaban J connectivity index is 3.06. The van der Waals surface area contributed by atoms with E-state index in [1.54, 1.807) is 30.3 Å². The summed E-state index contributed by atoms with van der Waals surface area (Å²) in [5.74, 6) is -1.93. The summed E-state index contributed by atoms with van der Waals surface area (Å²) in [5, 5.41) is 10.7. The first-order valence-corrected chi connectivity index (χ1v) is 8.16. The average Bonchev–Trinajstić information content (AvgIpc) is 2.54. The number of halogens is 1. The molecule has 1 aromatic carbocycles. The molecule has 7 nitrogen and oxygen atoms in total. The number of esters is 3. The van der Waals surface area contributed by atoms with E-state index in [9.17, 15) is 19.5 Å². The van der Waals surface area contributed by atoms with Crippen LogP contribution >= 0.6 is 11.6 Å². The van der Waals surface area contributed by atoms with Crippen LogP contribution in [0.15, 0.2) is 30.3 Å². The molecule has 0 spiro atoms. The van der Waals surface area contributed by atoms with Crippen molar-refractivity contribution in [2.45, 2.75) is 39.1 Å². The van der Waals surface area contributed by atoms with Crippen LogP contribution < -0.4 is 0 Å². The van der Waals surface area contributed by atoms with Gasteiger partial charge in [-0.15, -0.1) is 0 Å². The number of hydrogen-bond donors (Lipinski definition) is 1. The van der Waals surface area contributed by atoms with Gasteiger partial charge in [-0.2, -0.15) is 0 Å². The van der Waals surface area contributed by atoms with Crippen molar-refractivity contribution in [1.29, 1.82) is 0 Å². The van der Waals surface area contributed by atoms with Crippen LogP contribution in [0, 0.1) is 0 Å². The zero-order chi connectivity index (χ0) is 19.7. The Morgan fingerprint density at radius 1 is 1.12 bits per heavy atom. The highest BCUT2D eigenvalue weighted by atomic mass is 35.5. The number of hydrogen-bond acceptors (Lipinski definition) is 7. The van der Waals surface area contributed by atoms with E-state index in [1.165, 1.54) is 19.9 Å². The lowest BCUT2D eigenvalue weighted by Crippen LogP contribution is -2.44. The van der Waals surface area contributed by atoms with Gasteiger partial charge >= 0.3 is 17.9 Å². The van der Waals surface area contributed by atoms with Crippen molar-refractivity contribution in [3.05, 3.63) is 40.9 Å². The highest BCUT2D eigenvalue weighted by Crippen LogP contribution is 2.17. The maximum absolute atomic E-state index is 11.4.